The summed E-state index contributed by atoms with van der Waals surface area (Å²) in [6, 6.07) is 12.7. The molecule has 4 nitrogen and oxygen atoms in total. The maximum atomic E-state index is 10.9. The monoisotopic (exact) mass is 271 g/mol. The van der Waals surface area contributed by atoms with Crippen LogP contribution in [0.3, 0.4) is 0 Å². The Labute approximate surface area is 118 Å². The molecule has 1 aromatic carbocycles. The largest absolute Gasteiger partial charge is 0.487 e. The third-order valence-corrected chi connectivity index (χ3v) is 2.94. The molecule has 0 radical (unpaired) electrons. The summed E-state index contributed by atoms with van der Waals surface area (Å²) in [4.78, 5) is 14.9. The number of carboxylic acids is 1. The Hall–Kier alpha value is -2.36. The van der Waals surface area contributed by atoms with Gasteiger partial charge in [0, 0.05) is 0 Å². The van der Waals surface area contributed by atoms with E-state index in [4.69, 9.17) is 9.84 Å². The van der Waals surface area contributed by atoms with Crippen molar-refractivity contribution >= 4 is 5.97 Å². The quantitative estimate of drug-likeness (QED) is 0.904. The van der Waals surface area contributed by atoms with Gasteiger partial charge in [0.1, 0.15) is 18.1 Å². The number of carbonyl (C=O) groups is 1. The Morgan fingerprint density at radius 3 is 2.65 bits per heavy atom. The zero-order valence-electron chi connectivity index (χ0n) is 11.5. The minimum atomic E-state index is -1.03. The van der Waals surface area contributed by atoms with Gasteiger partial charge in [-0.05, 0) is 29.7 Å². The number of benzene rings is 1. The summed E-state index contributed by atoms with van der Waals surface area (Å²) >= 11 is 0. The van der Waals surface area contributed by atoms with Crippen LogP contribution in [0.15, 0.2) is 42.5 Å². The Kier molecular flexibility index (Phi) is 4.35. The number of ether oxygens (including phenoxy) is 1. The van der Waals surface area contributed by atoms with Crippen molar-refractivity contribution in [3.63, 3.8) is 0 Å². The predicted octanol–water partition coefficient (Wildman–Crippen LogP) is 3.48. The second kappa shape index (κ2) is 6.19. The van der Waals surface area contributed by atoms with Crippen molar-refractivity contribution in [3.8, 4) is 5.75 Å². The van der Waals surface area contributed by atoms with E-state index >= 15 is 0 Å². The molecule has 0 aliphatic rings. The minimum absolute atomic E-state index is 0.0308. The number of nitrogens with zero attached hydrogens (tertiary/aromatic N) is 1. The summed E-state index contributed by atoms with van der Waals surface area (Å²) in [6.45, 7) is 4.46. The van der Waals surface area contributed by atoms with Gasteiger partial charge in [-0.2, -0.15) is 0 Å². The van der Waals surface area contributed by atoms with Crippen LogP contribution in [0.5, 0.6) is 5.75 Å². The zero-order valence-corrected chi connectivity index (χ0v) is 11.5. The molecule has 0 aliphatic carbocycles. The number of rotatable bonds is 5. The number of hydrogen-bond donors (Lipinski definition) is 1. The average molecular weight is 271 g/mol. The lowest BCUT2D eigenvalue weighted by Crippen LogP contribution is -2.05. The predicted molar refractivity (Wildman–Crippen MR) is 76.1 cm³/mol. The molecular formula is C16H17NO3. The normalized spacial score (nSPS) is 10.6. The lowest BCUT2D eigenvalue weighted by atomic mass is 10.0. The van der Waals surface area contributed by atoms with Gasteiger partial charge in [-0.1, -0.05) is 38.1 Å². The molecule has 0 amide bonds. The van der Waals surface area contributed by atoms with E-state index in [9.17, 15) is 4.79 Å². The van der Waals surface area contributed by atoms with Crippen LogP contribution in [-0.4, -0.2) is 16.1 Å². The van der Waals surface area contributed by atoms with Crippen LogP contribution in [0.2, 0.25) is 0 Å². The summed E-state index contributed by atoms with van der Waals surface area (Å²) in [5, 5.41) is 8.91. The molecule has 2 aromatic rings. The van der Waals surface area contributed by atoms with Crippen molar-refractivity contribution in [2.45, 2.75) is 26.4 Å². The highest BCUT2D eigenvalue weighted by atomic mass is 16.5. The van der Waals surface area contributed by atoms with Gasteiger partial charge >= 0.3 is 5.97 Å². The van der Waals surface area contributed by atoms with E-state index in [0.29, 0.717) is 11.6 Å². The Morgan fingerprint density at radius 2 is 1.95 bits per heavy atom. The van der Waals surface area contributed by atoms with Crippen molar-refractivity contribution in [2.24, 2.45) is 0 Å². The van der Waals surface area contributed by atoms with Gasteiger partial charge in [0.15, 0.2) is 0 Å². The van der Waals surface area contributed by atoms with E-state index in [2.05, 4.69) is 18.8 Å². The molecule has 20 heavy (non-hydrogen) atoms. The highest BCUT2D eigenvalue weighted by Gasteiger charge is 2.09. The summed E-state index contributed by atoms with van der Waals surface area (Å²) in [6.07, 6.45) is 0. The first kappa shape index (κ1) is 14.1. The highest BCUT2D eigenvalue weighted by Crippen LogP contribution is 2.26. The van der Waals surface area contributed by atoms with Crippen molar-refractivity contribution in [1.29, 1.82) is 0 Å². The number of aromatic nitrogens is 1. The topological polar surface area (TPSA) is 59.4 Å². The number of pyridine rings is 1. The third-order valence-electron chi connectivity index (χ3n) is 2.94. The molecule has 0 saturated carbocycles. The maximum Gasteiger partial charge on any atom is 0.354 e. The van der Waals surface area contributed by atoms with E-state index < -0.39 is 5.97 Å². The Morgan fingerprint density at radius 1 is 1.20 bits per heavy atom. The SMILES string of the molecule is CC(C)c1ccccc1OCc1cccc(C(=O)O)n1. The van der Waals surface area contributed by atoms with Gasteiger partial charge in [-0.15, -0.1) is 0 Å². The van der Waals surface area contributed by atoms with E-state index in [1.807, 2.05) is 24.3 Å². The van der Waals surface area contributed by atoms with Crippen LogP contribution in [0.1, 0.15) is 41.5 Å². The second-order valence-corrected chi connectivity index (χ2v) is 4.80. The molecule has 0 unspecified atom stereocenters. The molecule has 4 heteroatoms. The molecule has 0 saturated heterocycles. The van der Waals surface area contributed by atoms with Gasteiger partial charge in [0.2, 0.25) is 0 Å². The average Bonchev–Trinajstić information content (AvgIpc) is 2.45. The number of hydrogen-bond acceptors (Lipinski definition) is 3. The van der Waals surface area contributed by atoms with Crippen molar-refractivity contribution in [2.75, 3.05) is 0 Å². The Balaban J connectivity index is 2.13. The number of aromatic carboxylic acids is 1. The molecule has 0 aliphatic heterocycles. The smallest absolute Gasteiger partial charge is 0.354 e. The van der Waals surface area contributed by atoms with E-state index in [1.165, 1.54) is 6.07 Å². The van der Waals surface area contributed by atoms with Gasteiger partial charge in [-0.25, -0.2) is 9.78 Å². The fourth-order valence-corrected chi connectivity index (χ4v) is 1.92. The Bertz CT molecular complexity index is 608. The van der Waals surface area contributed by atoms with Gasteiger partial charge in [0.25, 0.3) is 0 Å². The van der Waals surface area contributed by atoms with Crippen LogP contribution >= 0.6 is 0 Å². The molecule has 0 fully saturated rings. The van der Waals surface area contributed by atoms with Crippen LogP contribution in [0.25, 0.3) is 0 Å². The molecule has 0 spiro atoms. The molecular weight excluding hydrogens is 254 g/mol. The van der Waals surface area contributed by atoms with Crippen molar-refractivity contribution in [3.05, 3.63) is 59.4 Å². The van der Waals surface area contributed by atoms with Crippen LogP contribution in [0.4, 0.5) is 0 Å². The first-order valence-electron chi connectivity index (χ1n) is 6.49. The summed E-state index contributed by atoms with van der Waals surface area (Å²) in [7, 11) is 0. The molecule has 0 atom stereocenters. The molecule has 1 heterocycles. The molecule has 1 aromatic heterocycles. The summed E-state index contributed by atoms with van der Waals surface area (Å²) in [5.41, 5.74) is 1.76. The summed E-state index contributed by atoms with van der Waals surface area (Å²) < 4.78 is 5.76. The minimum Gasteiger partial charge on any atom is -0.487 e. The van der Waals surface area contributed by atoms with Gasteiger partial charge in [-0.3, -0.25) is 0 Å². The van der Waals surface area contributed by atoms with Crippen LogP contribution in [-0.2, 0) is 6.61 Å². The van der Waals surface area contributed by atoms with Gasteiger partial charge < -0.3 is 9.84 Å². The van der Waals surface area contributed by atoms with Crippen LogP contribution < -0.4 is 4.74 Å². The lowest BCUT2D eigenvalue weighted by Gasteiger charge is -2.13. The lowest BCUT2D eigenvalue weighted by molar-refractivity contribution is 0.0690. The standard InChI is InChI=1S/C16H17NO3/c1-11(2)13-7-3-4-9-15(13)20-10-12-6-5-8-14(17-12)16(18)19/h3-9,11H,10H2,1-2H3,(H,18,19). The molecule has 0 bridgehead atoms. The highest BCUT2D eigenvalue weighted by molar-refractivity contribution is 5.85. The number of para-hydroxylation sites is 1. The first-order chi connectivity index (χ1) is 9.58. The van der Waals surface area contributed by atoms with Crippen molar-refractivity contribution < 1.29 is 14.6 Å². The molecule has 104 valence electrons. The van der Waals surface area contributed by atoms with E-state index in [1.54, 1.807) is 12.1 Å². The van der Waals surface area contributed by atoms with E-state index in [-0.39, 0.29) is 12.3 Å². The molecule has 1 N–H and O–H groups in total. The zero-order chi connectivity index (χ0) is 14.5. The fourth-order valence-electron chi connectivity index (χ4n) is 1.92. The summed E-state index contributed by atoms with van der Waals surface area (Å²) in [5.74, 6) is 0.143. The second-order valence-electron chi connectivity index (χ2n) is 4.80. The first-order valence-corrected chi connectivity index (χ1v) is 6.49. The third kappa shape index (κ3) is 3.35. The van der Waals surface area contributed by atoms with E-state index in [0.717, 1.165) is 11.3 Å². The maximum absolute atomic E-state index is 10.9. The van der Waals surface area contributed by atoms with Gasteiger partial charge in [0.05, 0.1) is 5.69 Å². The number of carboxylic acid groups (broad SMARTS) is 1. The van der Waals surface area contributed by atoms with Crippen molar-refractivity contribution in [1.82, 2.24) is 4.98 Å². The van der Waals surface area contributed by atoms with Crippen LogP contribution in [0, 0.1) is 0 Å². The molecule has 2 rings (SSSR count). The fraction of sp³-hybridized carbons (Fsp3) is 0.250.